The van der Waals surface area contributed by atoms with E-state index in [1.54, 1.807) is 0 Å². The van der Waals surface area contributed by atoms with Gasteiger partial charge in [0.25, 0.3) is 0 Å². The molecule has 1 radical (unpaired) electrons. The summed E-state index contributed by atoms with van der Waals surface area (Å²) in [7, 11) is 0. The molecule has 7 heteroatoms. The second-order valence-corrected chi connectivity index (χ2v) is 1.58. The van der Waals surface area contributed by atoms with Crippen LogP contribution in [0.15, 0.2) is 0 Å². The Morgan fingerprint density at radius 1 is 0.769 bits per heavy atom. The van der Waals surface area contributed by atoms with E-state index in [0.29, 0.717) is 0 Å². The molecule has 0 unspecified atom stereocenters. The fourth-order valence-electron chi connectivity index (χ4n) is 0.397. The maximum Gasteiger partial charge on any atom is 0.321 e. The summed E-state index contributed by atoms with van der Waals surface area (Å²) in [5, 5.41) is 41.6. The Labute approximate surface area is 96.7 Å². The maximum atomic E-state index is 8.37. The van der Waals surface area contributed by atoms with Gasteiger partial charge in [-0.2, -0.15) is 31.2 Å². The van der Waals surface area contributed by atoms with Gasteiger partial charge in [0.2, 0.25) is 0 Å². The molecule has 0 aliphatic heterocycles. The van der Waals surface area contributed by atoms with Gasteiger partial charge in [-0.05, 0) is 0 Å². The molecule has 0 spiro atoms. The topological polar surface area (TPSA) is 122 Å². The van der Waals surface area contributed by atoms with Crippen LogP contribution in [0.25, 0.3) is 0 Å². The van der Waals surface area contributed by atoms with Crippen molar-refractivity contribution in [2.24, 2.45) is 0 Å². The minimum atomic E-state index is -2.33. The van der Waals surface area contributed by atoms with E-state index in [1.165, 1.54) is 30.6 Å². The third-order valence-electron chi connectivity index (χ3n) is 1.02. The van der Waals surface area contributed by atoms with Crippen molar-refractivity contribution in [3.63, 3.8) is 0 Å². The summed E-state index contributed by atoms with van der Waals surface area (Å²) in [6.07, 6.45) is 2.50. The van der Waals surface area contributed by atoms with Gasteiger partial charge < -0.3 is 0 Å². The predicted octanol–water partition coefficient (Wildman–Crippen LogP) is -0.821. The second kappa shape index (κ2) is 5.84. The molecule has 0 N–H and O–H groups in total. The minimum absolute atomic E-state index is 0. The van der Waals surface area contributed by atoms with E-state index in [9.17, 15) is 0 Å². The summed E-state index contributed by atoms with van der Waals surface area (Å²) < 4.78 is 0. The van der Waals surface area contributed by atoms with E-state index in [-0.39, 0.29) is 34.5 Å². The second-order valence-electron chi connectivity index (χ2n) is 1.58. The van der Waals surface area contributed by atoms with E-state index in [0.717, 1.165) is 0 Å². The monoisotopic (exact) mass is 179 g/mol. The van der Waals surface area contributed by atoms with Crippen LogP contribution in [0.2, 0.25) is 0 Å². The van der Waals surface area contributed by atoms with Crippen LogP contribution >= 0.6 is 0 Å². The average molecular weight is 179 g/mol. The first-order valence-corrected chi connectivity index (χ1v) is 2.54. The first-order chi connectivity index (χ1) is 5.70. The Hall–Kier alpha value is -1.75. The molecule has 0 fully saturated rings. The van der Waals surface area contributed by atoms with Crippen LogP contribution in [0.3, 0.4) is 0 Å². The molecule has 0 aromatic heterocycles. The van der Waals surface area contributed by atoms with E-state index < -0.39 is 5.54 Å². The first-order valence-electron chi connectivity index (χ1n) is 2.54. The van der Waals surface area contributed by atoms with Gasteiger partial charge in [0.15, 0.2) is 12.4 Å². The van der Waals surface area contributed by atoms with Crippen molar-refractivity contribution >= 4 is 29.6 Å². The molecule has 0 saturated carbocycles. The summed E-state index contributed by atoms with van der Waals surface area (Å²) in [6, 6.07) is 3.83. The van der Waals surface area contributed by atoms with Crippen LogP contribution in [0.5, 0.6) is 0 Å². The number of hydrogen-bond donors (Lipinski definition) is 0. The van der Waals surface area contributed by atoms with Gasteiger partial charge >= 0.3 is 5.54 Å². The number of rotatable bonds is 1. The van der Waals surface area contributed by atoms with Gasteiger partial charge in [-0.1, -0.05) is 0 Å². The van der Waals surface area contributed by atoms with Crippen LogP contribution in [0, 0.1) is 56.9 Å². The standard InChI is InChI=1S/C6N6.Na/c7-1-6(2-8,3-9)12(4-10)5-11;. The van der Waals surface area contributed by atoms with Crippen molar-refractivity contribution in [1.29, 1.82) is 26.3 Å². The van der Waals surface area contributed by atoms with Gasteiger partial charge in [-0.3, -0.25) is 0 Å². The van der Waals surface area contributed by atoms with Gasteiger partial charge in [0.1, 0.15) is 18.2 Å². The Balaban J connectivity index is 0. The fourth-order valence-corrected chi connectivity index (χ4v) is 0.397. The van der Waals surface area contributed by atoms with Gasteiger partial charge in [0.05, 0.1) is 0 Å². The van der Waals surface area contributed by atoms with Crippen LogP contribution in [-0.4, -0.2) is 40.0 Å². The summed E-state index contributed by atoms with van der Waals surface area (Å²) in [6.45, 7) is 0. The summed E-state index contributed by atoms with van der Waals surface area (Å²) in [5.74, 6) is 0. The van der Waals surface area contributed by atoms with Crippen molar-refractivity contribution in [3.05, 3.63) is 0 Å². The zero-order chi connectivity index (χ0) is 9.61. The Morgan fingerprint density at radius 3 is 1.15 bits per heavy atom. The summed E-state index contributed by atoms with van der Waals surface area (Å²) in [4.78, 5) is 0.132. The number of nitrogens with zero attached hydrogens (tertiary/aromatic N) is 6. The SMILES string of the molecule is N#CN(C#N)C(C#N)(C#N)C#N.[Na]. The number of nitriles is 5. The van der Waals surface area contributed by atoms with Crippen LogP contribution < -0.4 is 0 Å². The molecule has 0 aliphatic carbocycles. The Bertz CT molecular complexity index is 330. The van der Waals surface area contributed by atoms with E-state index in [1.807, 2.05) is 0 Å². The summed E-state index contributed by atoms with van der Waals surface area (Å²) in [5.41, 5.74) is -2.33. The third kappa shape index (κ3) is 2.34. The molecule has 0 saturated heterocycles. The van der Waals surface area contributed by atoms with Crippen molar-refractivity contribution in [1.82, 2.24) is 4.90 Å². The third-order valence-corrected chi connectivity index (χ3v) is 1.02. The Kier molecular flexibility index (Phi) is 6.21. The predicted molar refractivity (Wildman–Crippen MR) is 38.4 cm³/mol. The van der Waals surface area contributed by atoms with E-state index >= 15 is 0 Å². The molecule has 0 aliphatic rings. The van der Waals surface area contributed by atoms with Crippen LogP contribution in [-0.2, 0) is 0 Å². The minimum Gasteiger partial charge on any atom is -0.193 e. The van der Waals surface area contributed by atoms with Crippen molar-refractivity contribution < 1.29 is 0 Å². The van der Waals surface area contributed by atoms with E-state index in [4.69, 9.17) is 26.3 Å². The van der Waals surface area contributed by atoms with Crippen LogP contribution in [0.1, 0.15) is 0 Å². The van der Waals surface area contributed by atoms with Gasteiger partial charge in [0, 0.05) is 29.6 Å². The quantitative estimate of drug-likeness (QED) is 0.294. The van der Waals surface area contributed by atoms with Crippen LogP contribution in [0.4, 0.5) is 0 Å². The molecule has 13 heavy (non-hydrogen) atoms. The molecule has 0 aromatic carbocycles. The largest absolute Gasteiger partial charge is 0.321 e. The number of hydrogen-bond acceptors (Lipinski definition) is 6. The van der Waals surface area contributed by atoms with Crippen molar-refractivity contribution in [2.75, 3.05) is 0 Å². The molecule has 55 valence electrons. The molecule has 6 nitrogen and oxygen atoms in total. The average Bonchev–Trinajstić information content (AvgIpc) is 2.14. The fraction of sp³-hybridized carbons (Fsp3) is 0.167. The smallest absolute Gasteiger partial charge is 0.193 e. The zero-order valence-corrected chi connectivity index (χ0v) is 8.68. The molecule has 0 rings (SSSR count). The molecule has 0 aromatic rings. The normalized spacial score (nSPS) is 7.00. The molecule has 0 bridgehead atoms. The molecule has 0 amide bonds. The zero-order valence-electron chi connectivity index (χ0n) is 6.68. The van der Waals surface area contributed by atoms with Crippen molar-refractivity contribution in [3.8, 4) is 30.6 Å². The van der Waals surface area contributed by atoms with Gasteiger partial charge in [-0.15, -0.1) is 0 Å². The van der Waals surface area contributed by atoms with Gasteiger partial charge in [-0.25, -0.2) is 0 Å². The Morgan fingerprint density at radius 2 is 1.08 bits per heavy atom. The first kappa shape index (κ1) is 13.8. The molecule has 0 heterocycles. The molecular formula is C6N6Na. The maximum absolute atomic E-state index is 8.37. The van der Waals surface area contributed by atoms with Crippen molar-refractivity contribution in [2.45, 2.75) is 5.54 Å². The molecular weight excluding hydrogens is 179 g/mol. The summed E-state index contributed by atoms with van der Waals surface area (Å²) >= 11 is 0. The molecule has 0 atom stereocenters. The van der Waals surface area contributed by atoms with E-state index in [2.05, 4.69) is 0 Å².